The molecule has 3 aromatic rings. The number of rotatable bonds is 5. The molecule has 3 rings (SSSR count). The number of carbonyl (C=O) groups excluding carboxylic acids is 1. The molecular formula is C20H13F6N5O. The van der Waals surface area contributed by atoms with Gasteiger partial charge in [0.05, 0.1) is 22.9 Å². The molecule has 0 atom stereocenters. The fraction of sp³-hybridized carbons (Fsp3) is 0.200. The van der Waals surface area contributed by atoms with Crippen LogP contribution in [0.3, 0.4) is 0 Å². The molecule has 0 saturated carbocycles. The van der Waals surface area contributed by atoms with Crippen LogP contribution in [-0.4, -0.2) is 27.2 Å². The summed E-state index contributed by atoms with van der Waals surface area (Å²) < 4.78 is 78.2. The van der Waals surface area contributed by atoms with Gasteiger partial charge in [0.15, 0.2) is 5.69 Å². The standard InChI is InChI=1S/C20H13F6N5O/c21-19(22,23)15-2-1-7-28-17(15)18(32)29-8-5-12-3-4-14(10-13(12)11-27)31-9-6-16(30-31)20(24,25)26/h1-4,6-7,9-10H,5,8H2,(H,29,32). The van der Waals surface area contributed by atoms with Gasteiger partial charge in [-0.25, -0.2) is 4.68 Å². The fourth-order valence-corrected chi connectivity index (χ4v) is 2.86. The van der Waals surface area contributed by atoms with E-state index in [1.165, 1.54) is 18.2 Å². The molecule has 0 unspecified atom stereocenters. The van der Waals surface area contributed by atoms with Gasteiger partial charge in [0.1, 0.15) is 5.69 Å². The first-order valence-corrected chi connectivity index (χ1v) is 8.97. The third-order valence-corrected chi connectivity index (χ3v) is 4.37. The van der Waals surface area contributed by atoms with Gasteiger partial charge in [-0.3, -0.25) is 9.78 Å². The zero-order valence-corrected chi connectivity index (χ0v) is 16.0. The van der Waals surface area contributed by atoms with Crippen molar-refractivity contribution in [2.45, 2.75) is 18.8 Å². The van der Waals surface area contributed by atoms with E-state index in [0.29, 0.717) is 5.56 Å². The van der Waals surface area contributed by atoms with Crippen molar-refractivity contribution in [1.29, 1.82) is 5.26 Å². The predicted molar refractivity (Wildman–Crippen MR) is 98.6 cm³/mol. The van der Waals surface area contributed by atoms with Crippen molar-refractivity contribution in [2.24, 2.45) is 0 Å². The molecule has 1 aromatic carbocycles. The minimum Gasteiger partial charge on any atom is -0.350 e. The van der Waals surface area contributed by atoms with Crippen LogP contribution in [0.4, 0.5) is 26.3 Å². The number of nitrogens with zero attached hydrogens (tertiary/aromatic N) is 4. The maximum Gasteiger partial charge on any atom is 0.435 e. The fourth-order valence-electron chi connectivity index (χ4n) is 2.86. The second kappa shape index (κ2) is 8.70. The first kappa shape index (κ1) is 22.8. The van der Waals surface area contributed by atoms with E-state index in [1.54, 1.807) is 0 Å². The minimum absolute atomic E-state index is 0.0933. The number of amides is 1. The minimum atomic E-state index is -4.75. The van der Waals surface area contributed by atoms with Crippen LogP contribution in [0.1, 0.15) is 32.9 Å². The summed E-state index contributed by atoms with van der Waals surface area (Å²) in [6.45, 7) is -0.0965. The summed E-state index contributed by atoms with van der Waals surface area (Å²) >= 11 is 0. The van der Waals surface area contributed by atoms with Crippen molar-refractivity contribution in [3.63, 3.8) is 0 Å². The molecule has 1 amide bonds. The Morgan fingerprint density at radius 1 is 1.09 bits per heavy atom. The zero-order valence-electron chi connectivity index (χ0n) is 16.0. The van der Waals surface area contributed by atoms with Gasteiger partial charge in [0, 0.05) is 18.9 Å². The van der Waals surface area contributed by atoms with E-state index in [-0.39, 0.29) is 24.2 Å². The smallest absolute Gasteiger partial charge is 0.350 e. The van der Waals surface area contributed by atoms with Gasteiger partial charge < -0.3 is 5.32 Å². The average molecular weight is 453 g/mol. The molecule has 1 N–H and O–H groups in total. The Kier molecular flexibility index (Phi) is 6.20. The largest absolute Gasteiger partial charge is 0.435 e. The molecule has 0 saturated heterocycles. The van der Waals surface area contributed by atoms with Crippen LogP contribution in [0.2, 0.25) is 0 Å². The van der Waals surface area contributed by atoms with Crippen molar-refractivity contribution < 1.29 is 31.1 Å². The van der Waals surface area contributed by atoms with Crippen molar-refractivity contribution in [1.82, 2.24) is 20.1 Å². The van der Waals surface area contributed by atoms with Crippen LogP contribution in [-0.2, 0) is 18.8 Å². The number of alkyl halides is 6. The van der Waals surface area contributed by atoms with Crippen molar-refractivity contribution in [2.75, 3.05) is 6.54 Å². The first-order chi connectivity index (χ1) is 15.0. The lowest BCUT2D eigenvalue weighted by Crippen LogP contribution is -2.29. The topological polar surface area (TPSA) is 83.6 Å². The number of nitriles is 1. The van der Waals surface area contributed by atoms with Crippen LogP contribution in [0.5, 0.6) is 0 Å². The summed E-state index contributed by atoms with van der Waals surface area (Å²) in [4.78, 5) is 15.6. The number of hydrogen-bond acceptors (Lipinski definition) is 4. The summed E-state index contributed by atoms with van der Waals surface area (Å²) in [5.74, 6) is -1.02. The predicted octanol–water partition coefficient (Wildman–Crippen LogP) is 4.15. The van der Waals surface area contributed by atoms with Crippen molar-refractivity contribution >= 4 is 5.91 Å². The molecule has 12 heteroatoms. The maximum absolute atomic E-state index is 13.0. The summed E-state index contributed by atoms with van der Waals surface area (Å²) in [7, 11) is 0. The van der Waals surface area contributed by atoms with Crippen LogP contribution >= 0.6 is 0 Å². The van der Waals surface area contributed by atoms with Gasteiger partial charge in [-0.05, 0) is 42.3 Å². The number of halogens is 6. The molecule has 166 valence electrons. The molecule has 0 spiro atoms. The average Bonchev–Trinajstić information content (AvgIpc) is 3.24. The Morgan fingerprint density at radius 3 is 2.47 bits per heavy atom. The van der Waals surface area contributed by atoms with E-state index < -0.39 is 35.2 Å². The number of nitrogens with one attached hydrogen (secondary N) is 1. The van der Waals surface area contributed by atoms with Gasteiger partial charge in [0.25, 0.3) is 5.91 Å². The zero-order chi connectivity index (χ0) is 23.5. The molecule has 2 aromatic heterocycles. The normalized spacial score (nSPS) is 11.8. The Bertz CT molecular complexity index is 1180. The highest BCUT2D eigenvalue weighted by molar-refractivity contribution is 5.93. The Labute approximate surface area is 177 Å². The summed E-state index contributed by atoms with van der Waals surface area (Å²) in [6.07, 6.45) is -7.10. The van der Waals surface area contributed by atoms with Gasteiger partial charge in [-0.1, -0.05) is 6.07 Å². The quantitative estimate of drug-likeness (QED) is 0.589. The van der Waals surface area contributed by atoms with E-state index in [1.807, 2.05) is 6.07 Å². The Morgan fingerprint density at radius 2 is 1.84 bits per heavy atom. The number of benzene rings is 1. The Hall–Kier alpha value is -3.88. The summed E-state index contributed by atoms with van der Waals surface area (Å²) in [5, 5.41) is 15.1. The number of aromatic nitrogens is 3. The van der Waals surface area contributed by atoms with E-state index in [9.17, 15) is 36.4 Å². The second-order valence-electron chi connectivity index (χ2n) is 6.50. The molecule has 32 heavy (non-hydrogen) atoms. The monoisotopic (exact) mass is 453 g/mol. The molecule has 0 aliphatic heterocycles. The number of carbonyl (C=O) groups is 1. The van der Waals surface area contributed by atoms with E-state index in [4.69, 9.17) is 0 Å². The van der Waals surface area contributed by atoms with E-state index in [2.05, 4.69) is 15.4 Å². The van der Waals surface area contributed by atoms with Gasteiger partial charge in [0.2, 0.25) is 0 Å². The molecule has 6 nitrogen and oxygen atoms in total. The molecule has 0 bridgehead atoms. The molecule has 0 radical (unpaired) electrons. The SMILES string of the molecule is N#Cc1cc(-n2ccc(C(F)(F)F)n2)ccc1CCNC(=O)c1ncccc1C(F)(F)F. The highest BCUT2D eigenvalue weighted by Gasteiger charge is 2.36. The molecule has 0 aliphatic carbocycles. The third-order valence-electron chi connectivity index (χ3n) is 4.37. The molecule has 2 heterocycles. The summed E-state index contributed by atoms with van der Waals surface area (Å²) in [6, 6.07) is 8.74. The second-order valence-corrected chi connectivity index (χ2v) is 6.50. The lowest BCUT2D eigenvalue weighted by molar-refractivity contribution is -0.141. The van der Waals surface area contributed by atoms with Crippen molar-refractivity contribution in [3.05, 3.63) is 76.9 Å². The number of hydrogen-bond donors (Lipinski definition) is 1. The Balaban J connectivity index is 1.71. The van der Waals surface area contributed by atoms with Crippen molar-refractivity contribution in [3.8, 4) is 11.8 Å². The van der Waals surface area contributed by atoms with Crippen LogP contribution in [0.15, 0.2) is 48.8 Å². The lowest BCUT2D eigenvalue weighted by Gasteiger charge is -2.12. The first-order valence-electron chi connectivity index (χ1n) is 8.97. The lowest BCUT2D eigenvalue weighted by atomic mass is 10.0. The third kappa shape index (κ3) is 5.05. The van der Waals surface area contributed by atoms with Gasteiger partial charge in [-0.15, -0.1) is 0 Å². The molecule has 0 fully saturated rings. The summed E-state index contributed by atoms with van der Waals surface area (Å²) in [5.41, 5.74) is -2.25. The van der Waals surface area contributed by atoms with E-state index in [0.717, 1.165) is 35.3 Å². The van der Waals surface area contributed by atoms with Gasteiger partial charge >= 0.3 is 12.4 Å². The maximum atomic E-state index is 13.0. The highest BCUT2D eigenvalue weighted by atomic mass is 19.4. The van der Waals surface area contributed by atoms with Gasteiger partial charge in [-0.2, -0.15) is 36.7 Å². The molecule has 0 aliphatic rings. The van der Waals surface area contributed by atoms with Crippen LogP contribution in [0, 0.1) is 11.3 Å². The molecular weight excluding hydrogens is 440 g/mol. The van der Waals surface area contributed by atoms with Crippen LogP contribution in [0.25, 0.3) is 5.69 Å². The van der Waals surface area contributed by atoms with Crippen LogP contribution < -0.4 is 5.32 Å². The number of pyridine rings is 1. The highest BCUT2D eigenvalue weighted by Crippen LogP contribution is 2.31. The van der Waals surface area contributed by atoms with E-state index >= 15 is 0 Å².